The van der Waals surface area contributed by atoms with E-state index in [0.29, 0.717) is 0 Å². The van der Waals surface area contributed by atoms with Gasteiger partial charge in [-0.15, -0.1) is 0 Å². The molecule has 1 unspecified atom stereocenters. The molecule has 2 fully saturated rings. The van der Waals surface area contributed by atoms with Crippen molar-refractivity contribution in [2.24, 2.45) is 5.73 Å². The fourth-order valence-corrected chi connectivity index (χ4v) is 3.80. The molecule has 0 spiro atoms. The second kappa shape index (κ2) is 13.3. The molecule has 36 heavy (non-hydrogen) atoms. The number of aliphatic hydroxyl groups excluding tert-OH is 1. The molecule has 15 heteroatoms. The van der Waals surface area contributed by atoms with Crippen LogP contribution in [0.3, 0.4) is 0 Å². The van der Waals surface area contributed by atoms with Crippen LogP contribution in [0, 0.1) is 0 Å². The van der Waals surface area contributed by atoms with Crippen molar-refractivity contribution < 1.29 is 67.0 Å². The zero-order chi connectivity index (χ0) is 27.0. The van der Waals surface area contributed by atoms with Crippen LogP contribution < -0.4 is 5.73 Å². The van der Waals surface area contributed by atoms with Gasteiger partial charge in [0.25, 0.3) is 0 Å². The quantitative estimate of drug-likeness (QED) is 0.277. The molecule has 2 rings (SSSR count). The van der Waals surface area contributed by atoms with Gasteiger partial charge in [0.1, 0.15) is 25.4 Å². The highest BCUT2D eigenvalue weighted by Crippen LogP contribution is 2.32. The van der Waals surface area contributed by atoms with Gasteiger partial charge < -0.3 is 48.7 Å². The van der Waals surface area contributed by atoms with Crippen molar-refractivity contribution in [3.05, 3.63) is 0 Å². The molecular weight excluding hydrogens is 490 g/mol. The maximum Gasteiger partial charge on any atom is 0.404 e. The highest BCUT2D eigenvalue weighted by Gasteiger charge is 2.52. The number of aliphatic hydroxyl groups is 1. The number of carbonyl (C=O) groups is 5. The predicted octanol–water partition coefficient (Wildman–Crippen LogP) is -0.953. The first-order chi connectivity index (χ1) is 16.8. The number of hydrogen-bond acceptors (Lipinski definition) is 14. The summed E-state index contributed by atoms with van der Waals surface area (Å²) in [6.45, 7) is 3.93. The van der Waals surface area contributed by atoms with Gasteiger partial charge in [0.05, 0.1) is 6.10 Å². The summed E-state index contributed by atoms with van der Waals surface area (Å²) in [5.74, 6) is -2.79. The van der Waals surface area contributed by atoms with Gasteiger partial charge in [-0.05, 0) is 0 Å². The number of carbonyl (C=O) groups excluding carboxylic acids is 5. The fourth-order valence-electron chi connectivity index (χ4n) is 3.80. The Labute approximate surface area is 206 Å². The number of esters is 4. The SMILES string of the molecule is CC(=O)OC[C@H]1C[C@H](OC(N)=O)C[C@@H](O[C@@H]2C(O)O[C@@H](COC(C)=O)[C@@H](OC(C)=O)[C@@H]2OC(C)=O)O1. The van der Waals surface area contributed by atoms with E-state index >= 15 is 0 Å². The van der Waals surface area contributed by atoms with Gasteiger partial charge in [-0.1, -0.05) is 0 Å². The largest absolute Gasteiger partial charge is 0.463 e. The minimum atomic E-state index is -1.75. The van der Waals surface area contributed by atoms with Crippen molar-refractivity contribution in [3.63, 3.8) is 0 Å². The summed E-state index contributed by atoms with van der Waals surface area (Å²) in [5, 5.41) is 10.7. The van der Waals surface area contributed by atoms with Crippen LogP contribution in [0.2, 0.25) is 0 Å². The molecule has 0 aromatic rings. The van der Waals surface area contributed by atoms with Gasteiger partial charge in [0, 0.05) is 40.5 Å². The van der Waals surface area contributed by atoms with Crippen LogP contribution in [-0.4, -0.2) is 97.5 Å². The number of amides is 1. The predicted molar refractivity (Wildman–Crippen MR) is 112 cm³/mol. The molecule has 0 aromatic heterocycles. The third-order valence-corrected chi connectivity index (χ3v) is 5.05. The molecule has 0 radical (unpaired) electrons. The Kier molecular flexibility index (Phi) is 10.8. The number of primary amides is 1. The first-order valence-corrected chi connectivity index (χ1v) is 11.1. The van der Waals surface area contributed by atoms with E-state index in [4.69, 9.17) is 43.6 Å². The number of nitrogens with two attached hydrogens (primary N) is 1. The molecule has 0 aromatic carbocycles. The summed E-state index contributed by atoms with van der Waals surface area (Å²) in [6, 6.07) is 0. The molecule has 0 bridgehead atoms. The summed E-state index contributed by atoms with van der Waals surface area (Å²) in [5.41, 5.74) is 5.12. The number of rotatable bonds is 9. The maximum atomic E-state index is 11.9. The Morgan fingerprint density at radius 1 is 0.778 bits per heavy atom. The maximum absolute atomic E-state index is 11.9. The average Bonchev–Trinajstić information content (AvgIpc) is 2.74. The van der Waals surface area contributed by atoms with E-state index < -0.39 is 85.8 Å². The fraction of sp³-hybridized carbons (Fsp3) is 0.762. The molecule has 3 N–H and O–H groups in total. The lowest BCUT2D eigenvalue weighted by molar-refractivity contribution is -0.338. The Balaban J connectivity index is 2.27. The molecule has 2 heterocycles. The van der Waals surface area contributed by atoms with Crippen LogP contribution >= 0.6 is 0 Å². The zero-order valence-corrected chi connectivity index (χ0v) is 20.3. The van der Waals surface area contributed by atoms with Gasteiger partial charge in [0.2, 0.25) is 0 Å². The standard InChI is InChI=1S/C21H31NO14/c1-9(23)29-7-14-5-13(34-21(22)28)6-16(33-14)36-19-18(32-12(4)26)17(31-11(3)25)15(35-20(19)27)8-30-10(2)24/h13-20,27H,5-8H2,1-4H3,(H2,22,28)/t13-,14+,15-,16+,17+,18-,19-,20?/m0/s1. The molecule has 0 saturated carbocycles. The summed E-state index contributed by atoms with van der Waals surface area (Å²) in [6.07, 6.45) is -10.9. The third kappa shape index (κ3) is 9.22. The molecule has 0 aliphatic carbocycles. The number of hydrogen-bond donors (Lipinski definition) is 2. The number of ether oxygens (including phenoxy) is 8. The zero-order valence-electron chi connectivity index (χ0n) is 20.3. The highest BCUT2D eigenvalue weighted by molar-refractivity contribution is 5.68. The minimum absolute atomic E-state index is 0.0510. The normalized spacial score (nSPS) is 32.0. The topological polar surface area (TPSA) is 205 Å². The van der Waals surface area contributed by atoms with Gasteiger partial charge in [-0.3, -0.25) is 19.2 Å². The highest BCUT2D eigenvalue weighted by atomic mass is 16.7. The van der Waals surface area contributed by atoms with E-state index in [9.17, 15) is 29.1 Å². The Morgan fingerprint density at radius 3 is 1.92 bits per heavy atom. The first kappa shape index (κ1) is 29.2. The van der Waals surface area contributed by atoms with Crippen LogP contribution in [0.25, 0.3) is 0 Å². The second-order valence-corrected chi connectivity index (χ2v) is 8.14. The second-order valence-electron chi connectivity index (χ2n) is 8.14. The van der Waals surface area contributed by atoms with Gasteiger partial charge >= 0.3 is 30.0 Å². The van der Waals surface area contributed by atoms with Crippen molar-refractivity contribution in [3.8, 4) is 0 Å². The molecule has 15 nitrogen and oxygen atoms in total. The average molecular weight is 521 g/mol. The van der Waals surface area contributed by atoms with Crippen LogP contribution in [0.15, 0.2) is 0 Å². The summed E-state index contributed by atoms with van der Waals surface area (Å²) >= 11 is 0. The summed E-state index contributed by atoms with van der Waals surface area (Å²) in [7, 11) is 0. The first-order valence-electron chi connectivity index (χ1n) is 11.1. The van der Waals surface area contributed by atoms with Crippen LogP contribution in [0.4, 0.5) is 4.79 Å². The molecule has 2 aliphatic heterocycles. The van der Waals surface area contributed by atoms with Crippen molar-refractivity contribution in [1.29, 1.82) is 0 Å². The summed E-state index contributed by atoms with van der Waals surface area (Å²) in [4.78, 5) is 57.4. The van der Waals surface area contributed by atoms with Gasteiger partial charge in [-0.25, -0.2) is 4.79 Å². The van der Waals surface area contributed by atoms with E-state index in [2.05, 4.69) is 0 Å². The van der Waals surface area contributed by atoms with Crippen LogP contribution in [0.5, 0.6) is 0 Å². The minimum Gasteiger partial charge on any atom is -0.463 e. The monoisotopic (exact) mass is 521 g/mol. The van der Waals surface area contributed by atoms with Crippen molar-refractivity contribution in [1.82, 2.24) is 0 Å². The molecular formula is C21H31NO14. The molecule has 8 atom stereocenters. The Hall–Kier alpha value is -3.01. The van der Waals surface area contributed by atoms with Crippen LogP contribution in [0.1, 0.15) is 40.5 Å². The molecule has 204 valence electrons. The lowest BCUT2D eigenvalue weighted by Gasteiger charge is -2.45. The van der Waals surface area contributed by atoms with E-state index in [1.54, 1.807) is 0 Å². The Bertz CT molecular complexity index is 818. The third-order valence-electron chi connectivity index (χ3n) is 5.05. The van der Waals surface area contributed by atoms with E-state index in [1.807, 2.05) is 0 Å². The molecule has 2 saturated heterocycles. The van der Waals surface area contributed by atoms with Crippen molar-refractivity contribution in [2.75, 3.05) is 13.2 Å². The van der Waals surface area contributed by atoms with Crippen molar-refractivity contribution in [2.45, 2.75) is 89.7 Å². The van der Waals surface area contributed by atoms with Crippen LogP contribution in [-0.2, 0) is 57.1 Å². The van der Waals surface area contributed by atoms with Gasteiger partial charge in [0.15, 0.2) is 30.9 Å². The van der Waals surface area contributed by atoms with Gasteiger partial charge in [-0.2, -0.15) is 0 Å². The Morgan fingerprint density at radius 2 is 1.36 bits per heavy atom. The van der Waals surface area contributed by atoms with E-state index in [-0.39, 0.29) is 19.4 Å². The molecule has 1 amide bonds. The summed E-state index contributed by atoms with van der Waals surface area (Å²) < 4.78 is 42.6. The lowest BCUT2D eigenvalue weighted by atomic mass is 9.98. The lowest BCUT2D eigenvalue weighted by Crippen LogP contribution is -2.63. The molecule has 2 aliphatic rings. The van der Waals surface area contributed by atoms with E-state index in [0.717, 1.165) is 20.8 Å². The smallest absolute Gasteiger partial charge is 0.404 e. The van der Waals surface area contributed by atoms with E-state index in [1.165, 1.54) is 6.92 Å². The van der Waals surface area contributed by atoms with Crippen molar-refractivity contribution >= 4 is 30.0 Å².